The standard InChI is InChI=1S/C27H24FNO5/c1-16(2)34-22-5-3-4-19(14-22)25(31)23-24(18-8-12-21(30)13-9-18)29(27(33)26(23)32)15-17-6-10-20(28)11-7-17/h3-14,16,24,30-31H,15H2,1-2H3/b25-23-. The van der Waals surface area contributed by atoms with E-state index < -0.39 is 23.5 Å². The zero-order valence-corrected chi connectivity index (χ0v) is 18.7. The SMILES string of the molecule is CC(C)Oc1cccc(/C(O)=C2/C(=O)C(=O)N(Cc3ccc(F)cc3)C2c2ccc(O)cc2)c1. The van der Waals surface area contributed by atoms with E-state index in [0.717, 1.165) is 0 Å². The van der Waals surface area contributed by atoms with E-state index in [0.29, 0.717) is 22.4 Å². The van der Waals surface area contributed by atoms with E-state index >= 15 is 0 Å². The van der Waals surface area contributed by atoms with Crippen LogP contribution in [-0.2, 0) is 16.1 Å². The number of ether oxygens (including phenoxy) is 1. The molecule has 0 aromatic heterocycles. The number of Topliss-reactive ketones (excluding diaryl/α,β-unsaturated/α-hetero) is 1. The van der Waals surface area contributed by atoms with Crippen molar-refractivity contribution < 1.29 is 28.9 Å². The number of nitrogens with zero attached hydrogens (tertiary/aromatic N) is 1. The smallest absolute Gasteiger partial charge is 0.295 e. The van der Waals surface area contributed by atoms with E-state index in [1.165, 1.54) is 41.3 Å². The van der Waals surface area contributed by atoms with Gasteiger partial charge in [-0.1, -0.05) is 36.4 Å². The average molecular weight is 461 g/mol. The Morgan fingerprint density at radius 2 is 1.71 bits per heavy atom. The molecule has 3 aromatic rings. The van der Waals surface area contributed by atoms with Gasteiger partial charge >= 0.3 is 0 Å². The molecular weight excluding hydrogens is 437 g/mol. The lowest BCUT2D eigenvalue weighted by atomic mass is 9.95. The summed E-state index contributed by atoms with van der Waals surface area (Å²) in [5, 5.41) is 20.9. The highest BCUT2D eigenvalue weighted by atomic mass is 19.1. The topological polar surface area (TPSA) is 87.1 Å². The first-order valence-corrected chi connectivity index (χ1v) is 10.8. The third-order valence-corrected chi connectivity index (χ3v) is 5.49. The highest BCUT2D eigenvalue weighted by molar-refractivity contribution is 6.46. The largest absolute Gasteiger partial charge is 0.508 e. The Kier molecular flexibility index (Phi) is 6.36. The van der Waals surface area contributed by atoms with Crippen LogP contribution in [-0.4, -0.2) is 32.9 Å². The molecule has 1 aliphatic heterocycles. The van der Waals surface area contributed by atoms with Crippen LogP contribution in [0.15, 0.2) is 78.4 Å². The third kappa shape index (κ3) is 4.64. The average Bonchev–Trinajstić information content (AvgIpc) is 3.05. The minimum atomic E-state index is -0.902. The summed E-state index contributed by atoms with van der Waals surface area (Å²) >= 11 is 0. The van der Waals surface area contributed by atoms with Crippen molar-refractivity contribution in [2.24, 2.45) is 0 Å². The van der Waals surface area contributed by atoms with Crippen molar-refractivity contribution in [3.05, 3.63) is 101 Å². The zero-order valence-electron chi connectivity index (χ0n) is 18.7. The molecule has 0 saturated carbocycles. The summed E-state index contributed by atoms with van der Waals surface area (Å²) < 4.78 is 19.1. The molecule has 34 heavy (non-hydrogen) atoms. The van der Waals surface area contributed by atoms with Crippen molar-refractivity contribution in [2.75, 3.05) is 0 Å². The van der Waals surface area contributed by atoms with Gasteiger partial charge in [-0.15, -0.1) is 0 Å². The van der Waals surface area contributed by atoms with Gasteiger partial charge in [0.2, 0.25) is 0 Å². The van der Waals surface area contributed by atoms with Crippen LogP contribution in [0.25, 0.3) is 5.76 Å². The number of benzene rings is 3. The molecule has 7 heteroatoms. The van der Waals surface area contributed by atoms with Crippen LogP contribution in [0, 0.1) is 5.82 Å². The Balaban J connectivity index is 1.82. The molecular formula is C27H24FNO5. The molecule has 174 valence electrons. The first kappa shape index (κ1) is 23.0. The number of carbonyl (C=O) groups excluding carboxylic acids is 2. The molecule has 0 aliphatic carbocycles. The number of aromatic hydroxyl groups is 1. The number of amides is 1. The van der Waals surface area contributed by atoms with Crippen molar-refractivity contribution in [1.82, 2.24) is 4.90 Å². The number of ketones is 1. The molecule has 0 radical (unpaired) electrons. The molecule has 1 amide bonds. The van der Waals surface area contributed by atoms with Gasteiger partial charge in [-0.25, -0.2) is 4.39 Å². The number of hydrogen-bond acceptors (Lipinski definition) is 5. The Bertz CT molecular complexity index is 1250. The first-order valence-electron chi connectivity index (χ1n) is 10.8. The van der Waals surface area contributed by atoms with Gasteiger partial charge in [0, 0.05) is 12.1 Å². The summed E-state index contributed by atoms with van der Waals surface area (Å²) in [4.78, 5) is 27.5. The summed E-state index contributed by atoms with van der Waals surface area (Å²) in [6, 6.07) is 17.5. The van der Waals surface area contributed by atoms with E-state index in [1.54, 1.807) is 36.4 Å². The first-order chi connectivity index (χ1) is 16.2. The Morgan fingerprint density at radius 1 is 1.03 bits per heavy atom. The molecule has 6 nitrogen and oxygen atoms in total. The van der Waals surface area contributed by atoms with E-state index in [1.807, 2.05) is 13.8 Å². The van der Waals surface area contributed by atoms with Gasteiger partial charge in [0.15, 0.2) is 0 Å². The van der Waals surface area contributed by atoms with E-state index in [-0.39, 0.29) is 29.7 Å². The molecule has 1 fully saturated rings. The summed E-state index contributed by atoms with van der Waals surface area (Å²) in [5.74, 6) is -1.80. The number of hydrogen-bond donors (Lipinski definition) is 2. The maximum absolute atomic E-state index is 13.4. The fourth-order valence-electron chi connectivity index (χ4n) is 3.98. The van der Waals surface area contributed by atoms with Crippen molar-refractivity contribution in [3.8, 4) is 11.5 Å². The fourth-order valence-corrected chi connectivity index (χ4v) is 3.98. The second kappa shape index (κ2) is 9.39. The Labute approximate surface area is 196 Å². The van der Waals surface area contributed by atoms with Crippen LogP contribution < -0.4 is 4.74 Å². The van der Waals surface area contributed by atoms with Crippen molar-refractivity contribution in [3.63, 3.8) is 0 Å². The van der Waals surface area contributed by atoms with Gasteiger partial charge in [-0.3, -0.25) is 9.59 Å². The van der Waals surface area contributed by atoms with E-state index in [9.17, 15) is 24.2 Å². The molecule has 0 bridgehead atoms. The molecule has 1 unspecified atom stereocenters. The maximum atomic E-state index is 13.4. The minimum absolute atomic E-state index is 0.0257. The Hall–Kier alpha value is -4.13. The van der Waals surface area contributed by atoms with Crippen LogP contribution in [0.3, 0.4) is 0 Å². The predicted octanol–water partition coefficient (Wildman–Crippen LogP) is 4.94. The van der Waals surface area contributed by atoms with Gasteiger partial charge < -0.3 is 19.8 Å². The number of aliphatic hydroxyl groups is 1. The number of carbonyl (C=O) groups is 2. The summed E-state index contributed by atoms with van der Waals surface area (Å²) in [5.41, 5.74) is 1.43. The van der Waals surface area contributed by atoms with Gasteiger partial charge in [0.25, 0.3) is 11.7 Å². The number of likely N-dealkylation sites (tertiary alicyclic amines) is 1. The van der Waals surface area contributed by atoms with Crippen molar-refractivity contribution in [1.29, 1.82) is 0 Å². The lowest BCUT2D eigenvalue weighted by Crippen LogP contribution is -2.29. The molecule has 1 saturated heterocycles. The van der Waals surface area contributed by atoms with Crippen molar-refractivity contribution in [2.45, 2.75) is 32.5 Å². The fraction of sp³-hybridized carbons (Fsp3) is 0.185. The minimum Gasteiger partial charge on any atom is -0.508 e. The number of phenols is 1. The van der Waals surface area contributed by atoms with Gasteiger partial charge in [0.1, 0.15) is 23.1 Å². The van der Waals surface area contributed by atoms with Gasteiger partial charge in [0.05, 0.1) is 17.7 Å². The van der Waals surface area contributed by atoms with Crippen molar-refractivity contribution >= 4 is 17.4 Å². The lowest BCUT2D eigenvalue weighted by molar-refractivity contribution is -0.140. The molecule has 1 aliphatic rings. The summed E-state index contributed by atoms with van der Waals surface area (Å²) in [6.45, 7) is 3.78. The normalized spacial score (nSPS) is 17.4. The highest BCUT2D eigenvalue weighted by Crippen LogP contribution is 2.41. The molecule has 1 atom stereocenters. The molecule has 3 aromatic carbocycles. The van der Waals surface area contributed by atoms with Crippen LogP contribution in [0.4, 0.5) is 4.39 Å². The summed E-state index contributed by atoms with van der Waals surface area (Å²) in [7, 11) is 0. The quantitative estimate of drug-likeness (QED) is 0.308. The van der Waals surface area contributed by atoms with Crippen LogP contribution in [0.2, 0.25) is 0 Å². The van der Waals surface area contributed by atoms with Crippen LogP contribution in [0.5, 0.6) is 11.5 Å². The number of rotatable bonds is 6. The molecule has 0 spiro atoms. The number of aliphatic hydroxyl groups excluding tert-OH is 1. The predicted molar refractivity (Wildman–Crippen MR) is 125 cm³/mol. The number of phenolic OH excluding ortho intramolecular Hbond substituents is 1. The second-order valence-electron chi connectivity index (χ2n) is 8.34. The maximum Gasteiger partial charge on any atom is 0.295 e. The number of halogens is 1. The van der Waals surface area contributed by atoms with E-state index in [2.05, 4.69) is 0 Å². The van der Waals surface area contributed by atoms with Gasteiger partial charge in [-0.05, 0) is 61.4 Å². The second-order valence-corrected chi connectivity index (χ2v) is 8.34. The van der Waals surface area contributed by atoms with Crippen LogP contribution in [0.1, 0.15) is 36.6 Å². The van der Waals surface area contributed by atoms with Gasteiger partial charge in [-0.2, -0.15) is 0 Å². The molecule has 4 rings (SSSR count). The van der Waals surface area contributed by atoms with Crippen LogP contribution >= 0.6 is 0 Å². The lowest BCUT2D eigenvalue weighted by Gasteiger charge is -2.25. The zero-order chi connectivity index (χ0) is 24.4. The molecule has 2 N–H and O–H groups in total. The third-order valence-electron chi connectivity index (χ3n) is 5.49. The van der Waals surface area contributed by atoms with E-state index in [4.69, 9.17) is 4.74 Å². The highest BCUT2D eigenvalue weighted by Gasteiger charge is 2.46. The molecule has 1 heterocycles. The summed E-state index contributed by atoms with van der Waals surface area (Å²) in [6.07, 6.45) is -0.0873. The Morgan fingerprint density at radius 3 is 2.35 bits per heavy atom. The monoisotopic (exact) mass is 461 g/mol.